The minimum atomic E-state index is -0.0945. The topological polar surface area (TPSA) is 45.2 Å². The molecule has 0 aliphatic rings. The second kappa shape index (κ2) is 7.81. The minimum absolute atomic E-state index is 0.0945. The number of anilines is 2. The first kappa shape index (κ1) is 17.0. The van der Waals surface area contributed by atoms with Gasteiger partial charge in [-0.2, -0.15) is 0 Å². The van der Waals surface area contributed by atoms with Gasteiger partial charge >= 0.3 is 0 Å². The van der Waals surface area contributed by atoms with E-state index in [2.05, 4.69) is 10.3 Å². The molecule has 2 aromatic carbocycles. The zero-order chi connectivity index (χ0) is 17.6. The van der Waals surface area contributed by atoms with Crippen molar-refractivity contribution in [3.05, 3.63) is 89.1 Å². The minimum Gasteiger partial charge on any atom is -0.366 e. The Morgan fingerprint density at radius 1 is 1.04 bits per heavy atom. The van der Waals surface area contributed by atoms with Gasteiger partial charge in [0.15, 0.2) is 0 Å². The molecule has 1 heterocycles. The maximum Gasteiger partial charge on any atom is 0.259 e. The molecule has 3 aromatic rings. The van der Waals surface area contributed by atoms with Crippen LogP contribution in [-0.4, -0.2) is 17.9 Å². The lowest BCUT2D eigenvalue weighted by atomic mass is 10.2. The van der Waals surface area contributed by atoms with Crippen LogP contribution in [0.3, 0.4) is 0 Å². The number of hydrogen-bond donors (Lipinski definition) is 1. The van der Waals surface area contributed by atoms with E-state index in [0.29, 0.717) is 22.9 Å². The van der Waals surface area contributed by atoms with Crippen LogP contribution in [0.25, 0.3) is 0 Å². The number of carbonyl (C=O) groups is 1. The Hall–Kier alpha value is -2.85. The van der Waals surface area contributed by atoms with Crippen molar-refractivity contribution in [2.75, 3.05) is 17.3 Å². The summed E-state index contributed by atoms with van der Waals surface area (Å²) in [6.45, 7) is 0.640. The van der Waals surface area contributed by atoms with Gasteiger partial charge in [0.25, 0.3) is 5.91 Å². The highest BCUT2D eigenvalue weighted by Crippen LogP contribution is 2.16. The first-order valence-electron chi connectivity index (χ1n) is 7.91. The Kier molecular flexibility index (Phi) is 5.31. The monoisotopic (exact) mass is 351 g/mol. The molecule has 5 heteroatoms. The molecule has 0 bridgehead atoms. The molecular formula is C20H18ClN3O. The summed E-state index contributed by atoms with van der Waals surface area (Å²) in [6.07, 6.45) is 1.59. The Labute approximate surface area is 152 Å². The highest BCUT2D eigenvalue weighted by atomic mass is 35.5. The largest absolute Gasteiger partial charge is 0.366 e. The molecule has 0 fully saturated rings. The van der Waals surface area contributed by atoms with E-state index in [0.717, 1.165) is 11.3 Å². The SMILES string of the molecule is CN(C(=O)c1ccc(NCc2ccc(Cl)cc2)nc1)c1ccccc1. The third kappa shape index (κ3) is 4.37. The van der Waals surface area contributed by atoms with E-state index < -0.39 is 0 Å². The molecule has 1 aromatic heterocycles. The molecule has 0 aliphatic carbocycles. The van der Waals surface area contributed by atoms with Gasteiger partial charge in [0.1, 0.15) is 5.82 Å². The first-order valence-corrected chi connectivity index (χ1v) is 8.29. The molecule has 0 saturated carbocycles. The van der Waals surface area contributed by atoms with E-state index in [-0.39, 0.29) is 5.91 Å². The maximum absolute atomic E-state index is 12.5. The molecule has 0 aliphatic heterocycles. The normalized spacial score (nSPS) is 10.3. The number of halogens is 1. The number of pyridine rings is 1. The van der Waals surface area contributed by atoms with Crippen molar-refractivity contribution in [1.82, 2.24) is 4.98 Å². The van der Waals surface area contributed by atoms with Crippen LogP contribution in [0.5, 0.6) is 0 Å². The van der Waals surface area contributed by atoms with Gasteiger partial charge in [0.05, 0.1) is 5.56 Å². The maximum atomic E-state index is 12.5. The fraction of sp³-hybridized carbons (Fsp3) is 0.100. The van der Waals surface area contributed by atoms with E-state index in [4.69, 9.17) is 11.6 Å². The number of carbonyl (C=O) groups excluding carboxylic acids is 1. The second-order valence-corrected chi connectivity index (χ2v) is 6.05. The summed E-state index contributed by atoms with van der Waals surface area (Å²) < 4.78 is 0. The van der Waals surface area contributed by atoms with Crippen molar-refractivity contribution in [2.45, 2.75) is 6.54 Å². The molecule has 0 radical (unpaired) electrons. The molecule has 0 spiro atoms. The van der Waals surface area contributed by atoms with E-state index in [1.807, 2.05) is 60.7 Å². The lowest BCUT2D eigenvalue weighted by Crippen LogP contribution is -2.26. The van der Waals surface area contributed by atoms with Gasteiger partial charge in [-0.3, -0.25) is 4.79 Å². The van der Waals surface area contributed by atoms with Crippen molar-refractivity contribution in [2.24, 2.45) is 0 Å². The number of aromatic nitrogens is 1. The summed E-state index contributed by atoms with van der Waals surface area (Å²) in [6, 6.07) is 20.7. The van der Waals surface area contributed by atoms with Gasteiger partial charge in [0.2, 0.25) is 0 Å². The quantitative estimate of drug-likeness (QED) is 0.729. The average Bonchev–Trinajstić information content (AvgIpc) is 2.67. The van der Waals surface area contributed by atoms with Crippen LogP contribution in [0.4, 0.5) is 11.5 Å². The fourth-order valence-corrected chi connectivity index (χ4v) is 2.51. The molecule has 0 unspecified atom stereocenters. The van der Waals surface area contributed by atoms with Crippen molar-refractivity contribution >= 4 is 29.0 Å². The second-order valence-electron chi connectivity index (χ2n) is 5.61. The lowest BCUT2D eigenvalue weighted by molar-refractivity contribution is 0.0992. The molecule has 1 N–H and O–H groups in total. The number of hydrogen-bond acceptors (Lipinski definition) is 3. The van der Waals surface area contributed by atoms with Crippen LogP contribution in [0.1, 0.15) is 15.9 Å². The summed E-state index contributed by atoms with van der Waals surface area (Å²) >= 11 is 5.88. The molecule has 4 nitrogen and oxygen atoms in total. The smallest absolute Gasteiger partial charge is 0.259 e. The summed E-state index contributed by atoms with van der Waals surface area (Å²) in [5.41, 5.74) is 2.50. The van der Waals surface area contributed by atoms with Crippen LogP contribution < -0.4 is 10.2 Å². The predicted octanol–water partition coefficient (Wildman–Crippen LogP) is 4.62. The molecule has 0 atom stereocenters. The van der Waals surface area contributed by atoms with E-state index in [1.165, 1.54) is 0 Å². The van der Waals surface area contributed by atoms with Crippen LogP contribution in [0.2, 0.25) is 5.02 Å². The van der Waals surface area contributed by atoms with Crippen LogP contribution in [-0.2, 0) is 6.54 Å². The first-order chi connectivity index (χ1) is 12.1. The van der Waals surface area contributed by atoms with Crippen molar-refractivity contribution in [3.63, 3.8) is 0 Å². The number of nitrogens with zero attached hydrogens (tertiary/aromatic N) is 2. The highest BCUT2D eigenvalue weighted by Gasteiger charge is 2.13. The standard InChI is InChI=1S/C20H18ClN3O/c1-24(18-5-3-2-4-6-18)20(25)16-9-12-19(23-14-16)22-13-15-7-10-17(21)11-8-15/h2-12,14H,13H2,1H3,(H,22,23). The molecule has 25 heavy (non-hydrogen) atoms. The van der Waals surface area contributed by atoms with Gasteiger partial charge in [-0.1, -0.05) is 41.9 Å². The zero-order valence-electron chi connectivity index (χ0n) is 13.8. The molecular weight excluding hydrogens is 334 g/mol. The number of amides is 1. The number of rotatable bonds is 5. The Bertz CT molecular complexity index is 833. The van der Waals surface area contributed by atoms with Crippen LogP contribution in [0.15, 0.2) is 72.9 Å². The molecule has 126 valence electrons. The zero-order valence-corrected chi connectivity index (χ0v) is 14.6. The van der Waals surface area contributed by atoms with E-state index in [1.54, 1.807) is 24.2 Å². The van der Waals surface area contributed by atoms with Crippen LogP contribution >= 0.6 is 11.6 Å². The Morgan fingerprint density at radius 3 is 2.40 bits per heavy atom. The van der Waals surface area contributed by atoms with Gasteiger partial charge in [-0.25, -0.2) is 4.98 Å². The van der Waals surface area contributed by atoms with Crippen molar-refractivity contribution in [1.29, 1.82) is 0 Å². The highest BCUT2D eigenvalue weighted by molar-refractivity contribution is 6.30. The van der Waals surface area contributed by atoms with E-state index in [9.17, 15) is 4.79 Å². The summed E-state index contributed by atoms with van der Waals surface area (Å²) in [5, 5.41) is 3.94. The van der Waals surface area contributed by atoms with Gasteiger partial charge in [-0.05, 0) is 42.0 Å². The van der Waals surface area contributed by atoms with Gasteiger partial charge in [0, 0.05) is 30.5 Å². The Morgan fingerprint density at radius 2 is 1.76 bits per heavy atom. The summed E-state index contributed by atoms with van der Waals surface area (Å²) in [4.78, 5) is 18.5. The number of benzene rings is 2. The average molecular weight is 352 g/mol. The molecule has 1 amide bonds. The fourth-order valence-electron chi connectivity index (χ4n) is 2.38. The van der Waals surface area contributed by atoms with Gasteiger partial charge in [-0.15, -0.1) is 0 Å². The summed E-state index contributed by atoms with van der Waals surface area (Å²) in [7, 11) is 1.75. The molecule has 0 saturated heterocycles. The molecule has 3 rings (SSSR count). The third-order valence-corrected chi connectivity index (χ3v) is 4.10. The lowest BCUT2D eigenvalue weighted by Gasteiger charge is -2.17. The van der Waals surface area contributed by atoms with Crippen molar-refractivity contribution < 1.29 is 4.79 Å². The van der Waals surface area contributed by atoms with Crippen LogP contribution in [0, 0.1) is 0 Å². The number of nitrogens with one attached hydrogen (secondary N) is 1. The van der Waals surface area contributed by atoms with Gasteiger partial charge < -0.3 is 10.2 Å². The predicted molar refractivity (Wildman–Crippen MR) is 102 cm³/mol. The summed E-state index contributed by atoms with van der Waals surface area (Å²) in [5.74, 6) is 0.622. The third-order valence-electron chi connectivity index (χ3n) is 3.85. The number of para-hydroxylation sites is 1. The van der Waals surface area contributed by atoms with E-state index >= 15 is 0 Å². The Balaban J connectivity index is 1.63. The van der Waals surface area contributed by atoms with Crippen molar-refractivity contribution in [3.8, 4) is 0 Å².